The van der Waals surface area contributed by atoms with Crippen molar-refractivity contribution in [1.82, 2.24) is 5.32 Å². The molecule has 3 nitrogen and oxygen atoms in total. The molecule has 1 N–H and O–H groups in total. The minimum Gasteiger partial charge on any atom is -0.493 e. The highest BCUT2D eigenvalue weighted by molar-refractivity contribution is 5.40. The van der Waals surface area contributed by atoms with E-state index in [1.54, 1.807) is 0 Å². The van der Waals surface area contributed by atoms with Crippen LogP contribution >= 0.6 is 0 Å². The summed E-state index contributed by atoms with van der Waals surface area (Å²) in [5.74, 6) is 1.06. The Hall–Kier alpha value is -1.06. The maximum atomic E-state index is 5.56. The Morgan fingerprint density at radius 3 is 2.95 bits per heavy atom. The van der Waals surface area contributed by atoms with Crippen LogP contribution in [0, 0.1) is 0 Å². The highest BCUT2D eigenvalue weighted by Gasteiger charge is 2.15. The lowest BCUT2D eigenvalue weighted by atomic mass is 10.0. The molecule has 1 heterocycles. The molecular formula is C16H25NO2. The van der Waals surface area contributed by atoms with E-state index in [4.69, 9.17) is 9.47 Å². The van der Waals surface area contributed by atoms with E-state index in [-0.39, 0.29) is 0 Å². The summed E-state index contributed by atoms with van der Waals surface area (Å²) in [6.07, 6.45) is 2.43. The van der Waals surface area contributed by atoms with Crippen molar-refractivity contribution in [1.29, 1.82) is 0 Å². The van der Waals surface area contributed by atoms with Crippen LogP contribution in [0.5, 0.6) is 5.75 Å². The third kappa shape index (κ3) is 3.95. The summed E-state index contributed by atoms with van der Waals surface area (Å²) in [6.45, 7) is 8.83. The molecule has 0 saturated carbocycles. The van der Waals surface area contributed by atoms with Crippen molar-refractivity contribution >= 4 is 0 Å². The molecule has 0 radical (unpaired) electrons. The number of ether oxygens (including phenoxy) is 2. The first-order chi connectivity index (χ1) is 9.20. The SMILES string of the molecule is CCC(NCCOC(C)C)c1ccc2c(c1)CCO2. The fourth-order valence-corrected chi connectivity index (χ4v) is 2.45. The molecule has 19 heavy (non-hydrogen) atoms. The van der Waals surface area contributed by atoms with Gasteiger partial charge in [0.05, 0.1) is 19.3 Å². The third-order valence-corrected chi connectivity index (χ3v) is 3.47. The molecule has 1 aromatic carbocycles. The fourth-order valence-electron chi connectivity index (χ4n) is 2.45. The number of fused-ring (bicyclic) bond motifs is 1. The largest absolute Gasteiger partial charge is 0.493 e. The van der Waals surface area contributed by atoms with Gasteiger partial charge in [-0.25, -0.2) is 0 Å². The predicted octanol–water partition coefficient (Wildman–Crippen LogP) is 3.09. The highest BCUT2D eigenvalue weighted by atomic mass is 16.5. The Kier molecular flexibility index (Phi) is 5.23. The molecule has 1 aliphatic rings. The van der Waals surface area contributed by atoms with Crippen LogP contribution in [0.2, 0.25) is 0 Å². The van der Waals surface area contributed by atoms with Crippen LogP contribution in [0.15, 0.2) is 18.2 Å². The molecule has 106 valence electrons. The summed E-state index contributed by atoms with van der Waals surface area (Å²) >= 11 is 0. The molecule has 0 amide bonds. The zero-order valence-electron chi connectivity index (χ0n) is 12.2. The number of nitrogens with one attached hydrogen (secondary N) is 1. The molecule has 1 unspecified atom stereocenters. The molecule has 0 aliphatic carbocycles. The van der Waals surface area contributed by atoms with Crippen molar-refractivity contribution in [2.24, 2.45) is 0 Å². The average molecular weight is 263 g/mol. The first-order valence-corrected chi connectivity index (χ1v) is 7.31. The van der Waals surface area contributed by atoms with Gasteiger partial charge in [0, 0.05) is 19.0 Å². The first-order valence-electron chi connectivity index (χ1n) is 7.31. The van der Waals surface area contributed by atoms with Crippen molar-refractivity contribution in [2.75, 3.05) is 19.8 Å². The van der Waals surface area contributed by atoms with Gasteiger partial charge in [-0.05, 0) is 37.5 Å². The van der Waals surface area contributed by atoms with Crippen LogP contribution in [-0.2, 0) is 11.2 Å². The third-order valence-electron chi connectivity index (χ3n) is 3.47. The van der Waals surface area contributed by atoms with Crippen LogP contribution in [0.3, 0.4) is 0 Å². The standard InChI is InChI=1S/C16H25NO2/c1-4-15(17-8-10-18-12(2)3)13-5-6-16-14(11-13)7-9-19-16/h5-6,11-12,15,17H,4,7-10H2,1-3H3. The van der Waals surface area contributed by atoms with Gasteiger partial charge in [-0.15, -0.1) is 0 Å². The molecule has 0 spiro atoms. The van der Waals surface area contributed by atoms with Gasteiger partial charge in [-0.2, -0.15) is 0 Å². The summed E-state index contributed by atoms with van der Waals surface area (Å²) in [5, 5.41) is 3.57. The van der Waals surface area contributed by atoms with Gasteiger partial charge in [0.25, 0.3) is 0 Å². The Bertz CT molecular complexity index is 404. The van der Waals surface area contributed by atoms with E-state index in [0.29, 0.717) is 12.1 Å². The summed E-state index contributed by atoms with van der Waals surface area (Å²) in [6, 6.07) is 6.97. The van der Waals surface area contributed by atoms with E-state index in [0.717, 1.165) is 38.3 Å². The van der Waals surface area contributed by atoms with Gasteiger partial charge in [-0.3, -0.25) is 0 Å². The second-order valence-electron chi connectivity index (χ2n) is 5.30. The molecule has 1 atom stereocenters. The highest BCUT2D eigenvalue weighted by Crippen LogP contribution is 2.28. The quantitative estimate of drug-likeness (QED) is 0.767. The van der Waals surface area contributed by atoms with Crippen molar-refractivity contribution in [3.63, 3.8) is 0 Å². The van der Waals surface area contributed by atoms with E-state index in [1.165, 1.54) is 11.1 Å². The number of rotatable bonds is 7. The van der Waals surface area contributed by atoms with Gasteiger partial charge in [0.1, 0.15) is 5.75 Å². The summed E-state index contributed by atoms with van der Waals surface area (Å²) in [4.78, 5) is 0. The van der Waals surface area contributed by atoms with Crippen molar-refractivity contribution in [3.05, 3.63) is 29.3 Å². The molecule has 0 fully saturated rings. The lowest BCUT2D eigenvalue weighted by molar-refractivity contribution is 0.0792. The number of benzene rings is 1. The Balaban J connectivity index is 1.90. The first kappa shape index (κ1) is 14.4. The molecular weight excluding hydrogens is 238 g/mol. The van der Waals surface area contributed by atoms with Gasteiger partial charge in [0.2, 0.25) is 0 Å². The second-order valence-corrected chi connectivity index (χ2v) is 5.30. The van der Waals surface area contributed by atoms with Crippen molar-refractivity contribution in [3.8, 4) is 5.75 Å². The van der Waals surface area contributed by atoms with Crippen molar-refractivity contribution < 1.29 is 9.47 Å². The minimum atomic E-state index is 0.305. The molecule has 0 bridgehead atoms. The summed E-state index contributed by atoms with van der Waals surface area (Å²) in [7, 11) is 0. The van der Waals surface area contributed by atoms with Gasteiger partial charge >= 0.3 is 0 Å². The maximum absolute atomic E-state index is 5.56. The van der Waals surface area contributed by atoms with Crippen molar-refractivity contribution in [2.45, 2.75) is 45.8 Å². The van der Waals surface area contributed by atoms with E-state index in [2.05, 4.69) is 44.3 Å². The maximum Gasteiger partial charge on any atom is 0.122 e. The topological polar surface area (TPSA) is 30.5 Å². The normalized spacial score (nSPS) is 15.4. The van der Waals surface area contributed by atoms with Crippen LogP contribution in [-0.4, -0.2) is 25.9 Å². The monoisotopic (exact) mass is 263 g/mol. The Labute approximate surface area is 116 Å². The summed E-state index contributed by atoms with van der Waals surface area (Å²) in [5.41, 5.74) is 2.70. The number of hydrogen-bond acceptors (Lipinski definition) is 3. The van der Waals surface area contributed by atoms with Crippen LogP contribution in [0.4, 0.5) is 0 Å². The molecule has 1 aliphatic heterocycles. The van der Waals surface area contributed by atoms with Gasteiger partial charge in [0.15, 0.2) is 0 Å². The van der Waals surface area contributed by atoms with Gasteiger partial charge < -0.3 is 14.8 Å². The van der Waals surface area contributed by atoms with E-state index >= 15 is 0 Å². The summed E-state index contributed by atoms with van der Waals surface area (Å²) < 4.78 is 11.1. The predicted molar refractivity (Wildman–Crippen MR) is 77.8 cm³/mol. The van der Waals surface area contributed by atoms with Gasteiger partial charge in [-0.1, -0.05) is 19.1 Å². The Morgan fingerprint density at radius 2 is 2.21 bits per heavy atom. The number of hydrogen-bond donors (Lipinski definition) is 1. The average Bonchev–Trinajstić information content (AvgIpc) is 2.85. The Morgan fingerprint density at radius 1 is 1.37 bits per heavy atom. The molecule has 2 rings (SSSR count). The zero-order valence-corrected chi connectivity index (χ0v) is 12.2. The van der Waals surface area contributed by atoms with Crippen LogP contribution < -0.4 is 10.1 Å². The lowest BCUT2D eigenvalue weighted by Crippen LogP contribution is -2.26. The molecule has 0 aromatic heterocycles. The molecule has 1 aromatic rings. The van der Waals surface area contributed by atoms with E-state index < -0.39 is 0 Å². The zero-order chi connectivity index (χ0) is 13.7. The van der Waals surface area contributed by atoms with E-state index in [9.17, 15) is 0 Å². The molecule has 3 heteroatoms. The van der Waals surface area contributed by atoms with Crippen LogP contribution in [0.1, 0.15) is 44.4 Å². The second kappa shape index (κ2) is 6.92. The minimum absolute atomic E-state index is 0.305. The molecule has 0 saturated heterocycles. The van der Waals surface area contributed by atoms with E-state index in [1.807, 2.05) is 0 Å². The fraction of sp³-hybridized carbons (Fsp3) is 0.625. The smallest absolute Gasteiger partial charge is 0.122 e. The van der Waals surface area contributed by atoms with Crippen LogP contribution in [0.25, 0.3) is 0 Å². The lowest BCUT2D eigenvalue weighted by Gasteiger charge is -2.18.